The monoisotopic (exact) mass is 389 g/mol. The van der Waals surface area contributed by atoms with Gasteiger partial charge in [0.1, 0.15) is 18.0 Å². The van der Waals surface area contributed by atoms with Crippen molar-refractivity contribution in [2.45, 2.75) is 43.9 Å². The van der Waals surface area contributed by atoms with Gasteiger partial charge in [0.05, 0.1) is 24.3 Å². The standard InChI is InChI=1S/C20H24FN3O4/c21-14-6-4-13(5-7-14)10-24-18(25)9-16-19(26)20(27)17(28-16)12-22-11-15-3-1-2-8-23-15/h1-8,16-17,19-20,22,26-27H,9-12H2,(H,24,25). The van der Waals surface area contributed by atoms with Crippen molar-refractivity contribution in [1.29, 1.82) is 0 Å². The third-order valence-electron chi connectivity index (χ3n) is 4.63. The summed E-state index contributed by atoms with van der Waals surface area (Å²) in [5, 5.41) is 26.2. The Balaban J connectivity index is 1.42. The summed E-state index contributed by atoms with van der Waals surface area (Å²) < 4.78 is 18.6. The fourth-order valence-corrected chi connectivity index (χ4v) is 3.07. The van der Waals surface area contributed by atoms with Gasteiger partial charge in [0.15, 0.2) is 0 Å². The third kappa shape index (κ3) is 5.56. The predicted molar refractivity (Wildman–Crippen MR) is 99.5 cm³/mol. The first-order valence-electron chi connectivity index (χ1n) is 9.16. The maximum absolute atomic E-state index is 12.9. The molecule has 1 fully saturated rings. The molecule has 0 radical (unpaired) electrons. The highest BCUT2D eigenvalue weighted by Crippen LogP contribution is 2.23. The van der Waals surface area contributed by atoms with Crippen LogP contribution in [-0.4, -0.2) is 52.1 Å². The Morgan fingerprint density at radius 3 is 2.54 bits per heavy atom. The Morgan fingerprint density at radius 2 is 1.82 bits per heavy atom. The number of halogens is 1. The number of ether oxygens (including phenoxy) is 1. The van der Waals surface area contributed by atoms with E-state index in [1.165, 1.54) is 12.1 Å². The van der Waals surface area contributed by atoms with Crippen molar-refractivity contribution in [2.75, 3.05) is 6.54 Å². The van der Waals surface area contributed by atoms with Crippen molar-refractivity contribution in [3.63, 3.8) is 0 Å². The molecule has 8 heteroatoms. The smallest absolute Gasteiger partial charge is 0.222 e. The number of nitrogens with one attached hydrogen (secondary N) is 2. The van der Waals surface area contributed by atoms with Crippen LogP contribution in [0.5, 0.6) is 0 Å². The molecular formula is C20H24FN3O4. The summed E-state index contributed by atoms with van der Waals surface area (Å²) in [5.41, 5.74) is 1.62. The SMILES string of the molecule is O=C(CC1OC(CNCc2ccccn2)C(O)C1O)NCc1ccc(F)cc1. The van der Waals surface area contributed by atoms with E-state index in [2.05, 4.69) is 15.6 Å². The van der Waals surface area contributed by atoms with Crippen LogP contribution in [0.15, 0.2) is 48.7 Å². The van der Waals surface area contributed by atoms with E-state index in [0.29, 0.717) is 13.1 Å². The minimum atomic E-state index is -1.14. The van der Waals surface area contributed by atoms with Crippen LogP contribution < -0.4 is 10.6 Å². The van der Waals surface area contributed by atoms with Crippen LogP contribution in [0.4, 0.5) is 4.39 Å². The van der Waals surface area contributed by atoms with Crippen molar-refractivity contribution in [2.24, 2.45) is 0 Å². The molecule has 28 heavy (non-hydrogen) atoms. The van der Waals surface area contributed by atoms with E-state index in [1.54, 1.807) is 18.3 Å². The second-order valence-electron chi connectivity index (χ2n) is 6.75. The van der Waals surface area contributed by atoms with Crippen LogP contribution in [0.2, 0.25) is 0 Å². The van der Waals surface area contributed by atoms with Gasteiger partial charge in [-0.2, -0.15) is 0 Å². The number of carbonyl (C=O) groups excluding carboxylic acids is 1. The molecule has 4 N–H and O–H groups in total. The minimum absolute atomic E-state index is 0.0733. The van der Waals surface area contributed by atoms with Gasteiger partial charge in [-0.15, -0.1) is 0 Å². The molecule has 150 valence electrons. The largest absolute Gasteiger partial charge is 0.388 e. The zero-order valence-electron chi connectivity index (χ0n) is 15.3. The number of aliphatic hydroxyl groups excluding tert-OH is 2. The van der Waals surface area contributed by atoms with Gasteiger partial charge in [-0.3, -0.25) is 9.78 Å². The molecule has 0 saturated carbocycles. The Bertz CT molecular complexity index is 760. The van der Waals surface area contributed by atoms with Crippen LogP contribution >= 0.6 is 0 Å². The van der Waals surface area contributed by atoms with Crippen molar-refractivity contribution < 1.29 is 24.1 Å². The van der Waals surface area contributed by atoms with Gasteiger partial charge < -0.3 is 25.6 Å². The van der Waals surface area contributed by atoms with Gasteiger partial charge >= 0.3 is 0 Å². The van der Waals surface area contributed by atoms with Crippen LogP contribution in [0.25, 0.3) is 0 Å². The van der Waals surface area contributed by atoms with E-state index in [9.17, 15) is 19.4 Å². The first kappa shape index (κ1) is 20.3. The van der Waals surface area contributed by atoms with Crippen LogP contribution in [-0.2, 0) is 22.6 Å². The molecule has 0 aliphatic carbocycles. The molecule has 1 aliphatic heterocycles. The molecule has 4 unspecified atom stereocenters. The van der Waals surface area contributed by atoms with Crippen LogP contribution in [0.3, 0.4) is 0 Å². The number of aliphatic hydroxyl groups is 2. The molecule has 1 saturated heterocycles. The lowest BCUT2D eigenvalue weighted by molar-refractivity contribution is -0.125. The van der Waals surface area contributed by atoms with Crippen molar-refractivity contribution in [1.82, 2.24) is 15.6 Å². The summed E-state index contributed by atoms with van der Waals surface area (Å²) in [7, 11) is 0. The molecular weight excluding hydrogens is 365 g/mol. The quantitative estimate of drug-likeness (QED) is 0.525. The molecule has 2 aromatic rings. The maximum atomic E-state index is 12.9. The molecule has 4 atom stereocenters. The number of amides is 1. The van der Waals surface area contributed by atoms with Gasteiger partial charge in [0, 0.05) is 25.8 Å². The van der Waals surface area contributed by atoms with E-state index in [4.69, 9.17) is 4.74 Å². The van der Waals surface area contributed by atoms with Crippen molar-refractivity contribution in [3.05, 3.63) is 65.7 Å². The number of nitrogens with zero attached hydrogens (tertiary/aromatic N) is 1. The zero-order chi connectivity index (χ0) is 19.9. The van der Waals surface area contributed by atoms with Crippen LogP contribution in [0.1, 0.15) is 17.7 Å². The average Bonchev–Trinajstić information content (AvgIpc) is 2.96. The number of carbonyl (C=O) groups is 1. The number of benzene rings is 1. The summed E-state index contributed by atoms with van der Waals surface area (Å²) in [6, 6.07) is 11.4. The highest BCUT2D eigenvalue weighted by atomic mass is 19.1. The van der Waals surface area contributed by atoms with Crippen molar-refractivity contribution in [3.8, 4) is 0 Å². The number of hydrogen-bond acceptors (Lipinski definition) is 6. The average molecular weight is 389 g/mol. The highest BCUT2D eigenvalue weighted by Gasteiger charge is 2.42. The summed E-state index contributed by atoms with van der Waals surface area (Å²) in [5.74, 6) is -0.656. The Labute approximate surface area is 162 Å². The molecule has 0 bridgehead atoms. The second-order valence-corrected chi connectivity index (χ2v) is 6.75. The molecule has 1 aromatic heterocycles. The lowest BCUT2D eigenvalue weighted by Gasteiger charge is -2.15. The summed E-state index contributed by atoms with van der Waals surface area (Å²) in [4.78, 5) is 16.3. The van der Waals surface area contributed by atoms with E-state index >= 15 is 0 Å². The molecule has 1 aromatic carbocycles. The fraction of sp³-hybridized carbons (Fsp3) is 0.400. The zero-order valence-corrected chi connectivity index (χ0v) is 15.3. The topological polar surface area (TPSA) is 104 Å². The van der Waals surface area contributed by atoms with Gasteiger partial charge in [0.2, 0.25) is 5.91 Å². The first-order valence-corrected chi connectivity index (χ1v) is 9.16. The lowest BCUT2D eigenvalue weighted by atomic mass is 10.1. The summed E-state index contributed by atoms with van der Waals surface area (Å²) >= 11 is 0. The number of hydrogen-bond donors (Lipinski definition) is 4. The third-order valence-corrected chi connectivity index (χ3v) is 4.63. The van der Waals surface area contributed by atoms with E-state index in [1.807, 2.05) is 18.2 Å². The Morgan fingerprint density at radius 1 is 1.07 bits per heavy atom. The van der Waals surface area contributed by atoms with Crippen molar-refractivity contribution >= 4 is 5.91 Å². The van der Waals surface area contributed by atoms with Gasteiger partial charge in [-0.1, -0.05) is 18.2 Å². The highest BCUT2D eigenvalue weighted by molar-refractivity contribution is 5.76. The molecule has 2 heterocycles. The minimum Gasteiger partial charge on any atom is -0.388 e. The summed E-state index contributed by atoms with van der Waals surface area (Å²) in [6.07, 6.45) is -2.00. The molecule has 7 nitrogen and oxygen atoms in total. The first-order chi connectivity index (χ1) is 13.5. The number of aromatic nitrogens is 1. The fourth-order valence-electron chi connectivity index (χ4n) is 3.07. The second kappa shape index (κ2) is 9.70. The van der Waals surface area contributed by atoms with E-state index < -0.39 is 24.4 Å². The molecule has 0 spiro atoms. The normalized spacial score (nSPS) is 24.2. The van der Waals surface area contributed by atoms with Crippen LogP contribution in [0, 0.1) is 5.82 Å². The maximum Gasteiger partial charge on any atom is 0.222 e. The molecule has 1 aliphatic rings. The lowest BCUT2D eigenvalue weighted by Crippen LogP contribution is -2.38. The van der Waals surface area contributed by atoms with Gasteiger partial charge in [-0.25, -0.2) is 4.39 Å². The van der Waals surface area contributed by atoms with E-state index in [0.717, 1.165) is 11.3 Å². The molecule has 3 rings (SSSR count). The van der Waals surface area contributed by atoms with Gasteiger partial charge in [-0.05, 0) is 29.8 Å². The predicted octanol–water partition coefficient (Wildman–Crippen LogP) is 0.506. The van der Waals surface area contributed by atoms with E-state index in [-0.39, 0.29) is 24.7 Å². The number of pyridine rings is 1. The summed E-state index contributed by atoms with van der Waals surface area (Å²) in [6.45, 7) is 1.08. The Kier molecular flexibility index (Phi) is 7.05. The van der Waals surface area contributed by atoms with Gasteiger partial charge in [0.25, 0.3) is 0 Å². The number of rotatable bonds is 8. The molecule has 1 amide bonds. The Hall–Kier alpha value is -2.39.